The lowest BCUT2D eigenvalue weighted by atomic mass is 9.97. The third-order valence-electron chi connectivity index (χ3n) is 3.64. The van der Waals surface area contributed by atoms with Crippen LogP contribution >= 0.6 is 0 Å². The minimum absolute atomic E-state index is 0.00748. The average molecular weight is 311 g/mol. The van der Waals surface area contributed by atoms with E-state index in [4.69, 9.17) is 10.5 Å². The monoisotopic (exact) mass is 311 g/mol. The fraction of sp³-hybridized carbons (Fsp3) is 0.417. The van der Waals surface area contributed by atoms with Gasteiger partial charge in [0, 0.05) is 0 Å². The number of imidazole rings is 1. The van der Waals surface area contributed by atoms with Crippen LogP contribution < -0.4 is 11.3 Å². The second-order valence-corrected chi connectivity index (χ2v) is 4.99. The van der Waals surface area contributed by atoms with Crippen LogP contribution in [0.25, 0.3) is 11.2 Å². The minimum Gasteiger partial charge on any atom is -0.394 e. The molecule has 4 atom stereocenters. The number of aliphatic hydroxyl groups excluding tert-OH is 2. The van der Waals surface area contributed by atoms with Gasteiger partial charge in [-0.15, -0.1) is 0 Å². The summed E-state index contributed by atoms with van der Waals surface area (Å²) in [5, 5.41) is 19.5. The molecule has 0 radical (unpaired) electrons. The van der Waals surface area contributed by atoms with Gasteiger partial charge in [-0.25, -0.2) is 9.37 Å². The van der Waals surface area contributed by atoms with Gasteiger partial charge in [0.15, 0.2) is 17.4 Å². The number of hydrogen-bond acceptors (Lipinski definition) is 7. The Morgan fingerprint density at radius 1 is 1.64 bits per heavy atom. The van der Waals surface area contributed by atoms with Crippen molar-refractivity contribution in [1.29, 1.82) is 0 Å². The maximum absolute atomic E-state index is 13.5. The number of aromatic amines is 1. The molecule has 4 unspecified atom stereocenters. The first-order chi connectivity index (χ1) is 10.4. The summed E-state index contributed by atoms with van der Waals surface area (Å²) >= 11 is 0. The smallest absolute Gasteiger partial charge is 0.280 e. The number of halogens is 1. The predicted octanol–water partition coefficient (Wildman–Crippen LogP) is -0.948. The molecule has 0 amide bonds. The summed E-state index contributed by atoms with van der Waals surface area (Å²) in [5.41, 5.74) is 5.04. The Kier molecular flexibility index (Phi) is 3.43. The maximum atomic E-state index is 13.5. The van der Waals surface area contributed by atoms with Crippen LogP contribution in [0.1, 0.15) is 6.23 Å². The number of anilines is 1. The molecular formula is C12H14FN5O4. The van der Waals surface area contributed by atoms with E-state index >= 15 is 0 Å². The molecule has 1 aliphatic heterocycles. The molecule has 0 bridgehead atoms. The highest BCUT2D eigenvalue weighted by atomic mass is 19.1. The molecular weight excluding hydrogens is 297 g/mol. The van der Waals surface area contributed by atoms with Crippen LogP contribution in [0, 0.1) is 5.92 Å². The summed E-state index contributed by atoms with van der Waals surface area (Å²) in [6, 6.07) is 0. The number of nitrogens with one attached hydrogen (secondary N) is 1. The fourth-order valence-electron chi connectivity index (χ4n) is 2.64. The highest BCUT2D eigenvalue weighted by Gasteiger charge is 2.46. The normalized spacial score (nSPS) is 28.3. The molecule has 3 heterocycles. The molecule has 3 rings (SSSR count). The van der Waals surface area contributed by atoms with Crippen molar-refractivity contribution in [1.82, 2.24) is 19.5 Å². The van der Waals surface area contributed by atoms with Crippen molar-refractivity contribution in [3.05, 3.63) is 29.1 Å². The minimum atomic E-state index is -1.32. The van der Waals surface area contributed by atoms with Crippen LogP contribution in [-0.2, 0) is 4.74 Å². The summed E-state index contributed by atoms with van der Waals surface area (Å²) < 4.78 is 20.2. The van der Waals surface area contributed by atoms with Crippen molar-refractivity contribution in [2.75, 3.05) is 12.3 Å². The first-order valence-corrected chi connectivity index (χ1v) is 6.45. The highest BCUT2D eigenvalue weighted by molar-refractivity contribution is 5.70. The summed E-state index contributed by atoms with van der Waals surface area (Å²) in [6.45, 7) is 2.66. The molecule has 1 aliphatic rings. The lowest BCUT2D eigenvalue weighted by Gasteiger charge is -2.17. The molecule has 9 nitrogen and oxygen atoms in total. The molecule has 0 saturated carbocycles. The van der Waals surface area contributed by atoms with Gasteiger partial charge in [0.25, 0.3) is 5.56 Å². The summed E-state index contributed by atoms with van der Waals surface area (Å²) in [5.74, 6) is -2.02. The van der Waals surface area contributed by atoms with E-state index in [0.29, 0.717) is 0 Å². The third kappa shape index (κ3) is 2.08. The van der Waals surface area contributed by atoms with Crippen LogP contribution in [0.4, 0.5) is 10.3 Å². The number of rotatable bonds is 3. The number of H-pyrrole nitrogens is 1. The van der Waals surface area contributed by atoms with E-state index in [1.165, 1.54) is 10.9 Å². The number of nitrogen functional groups attached to an aromatic ring is 1. The van der Waals surface area contributed by atoms with Crippen LogP contribution in [0.5, 0.6) is 0 Å². The Morgan fingerprint density at radius 3 is 2.95 bits per heavy atom. The lowest BCUT2D eigenvalue weighted by molar-refractivity contribution is -0.0491. The summed E-state index contributed by atoms with van der Waals surface area (Å²) in [6.07, 6.45) is -2.13. The Morgan fingerprint density at radius 2 is 2.36 bits per heavy atom. The van der Waals surface area contributed by atoms with Crippen molar-refractivity contribution in [3.63, 3.8) is 0 Å². The van der Waals surface area contributed by atoms with Crippen molar-refractivity contribution in [2.24, 2.45) is 5.92 Å². The van der Waals surface area contributed by atoms with E-state index in [1.807, 2.05) is 0 Å². The number of aliphatic hydroxyl groups is 2. The molecule has 5 N–H and O–H groups in total. The number of nitrogens with zero attached hydrogens (tertiary/aromatic N) is 3. The Balaban J connectivity index is 2.08. The van der Waals surface area contributed by atoms with Gasteiger partial charge in [0.2, 0.25) is 5.95 Å². The second-order valence-electron chi connectivity index (χ2n) is 4.99. The zero-order valence-electron chi connectivity index (χ0n) is 11.3. The van der Waals surface area contributed by atoms with Crippen molar-refractivity contribution in [3.8, 4) is 0 Å². The lowest BCUT2D eigenvalue weighted by Crippen LogP contribution is -2.28. The predicted molar refractivity (Wildman–Crippen MR) is 73.3 cm³/mol. The van der Waals surface area contributed by atoms with Crippen LogP contribution in [0.2, 0.25) is 0 Å². The molecule has 2 aromatic rings. The highest BCUT2D eigenvalue weighted by Crippen LogP contribution is 2.38. The molecule has 0 aromatic carbocycles. The van der Waals surface area contributed by atoms with Gasteiger partial charge in [0.1, 0.15) is 11.9 Å². The molecule has 2 aromatic heterocycles. The van der Waals surface area contributed by atoms with Gasteiger partial charge in [-0.3, -0.25) is 14.3 Å². The Bertz CT molecular complexity index is 787. The van der Waals surface area contributed by atoms with Gasteiger partial charge in [-0.05, 0) is 0 Å². The number of ether oxygens (including phenoxy) is 1. The van der Waals surface area contributed by atoms with Crippen molar-refractivity contribution < 1.29 is 19.3 Å². The third-order valence-corrected chi connectivity index (χ3v) is 3.64. The van der Waals surface area contributed by atoms with Gasteiger partial charge < -0.3 is 20.7 Å². The first kappa shape index (κ1) is 14.6. The number of fused-ring (bicyclic) bond motifs is 1. The van der Waals surface area contributed by atoms with Crippen molar-refractivity contribution in [2.45, 2.75) is 18.4 Å². The van der Waals surface area contributed by atoms with E-state index in [0.717, 1.165) is 0 Å². The van der Waals surface area contributed by atoms with Gasteiger partial charge in [-0.1, -0.05) is 6.58 Å². The van der Waals surface area contributed by atoms with E-state index in [9.17, 15) is 19.4 Å². The Hall–Kier alpha value is -2.30. The first-order valence-electron chi connectivity index (χ1n) is 6.45. The van der Waals surface area contributed by atoms with Crippen molar-refractivity contribution >= 4 is 17.1 Å². The molecule has 10 heteroatoms. The standard InChI is InChI=1S/C12H14FN5O4/c1-4(13)6-5(2-19)22-11(8(6)20)18-3-15-7-9(18)16-12(14)17-10(7)21/h3,5-6,8,11,19-20H,1-2H2,(H3,14,16,17,21). The zero-order chi connectivity index (χ0) is 16.0. The number of hydrogen-bond donors (Lipinski definition) is 4. The molecule has 0 spiro atoms. The van der Waals surface area contributed by atoms with Gasteiger partial charge in [-0.2, -0.15) is 4.98 Å². The van der Waals surface area contributed by atoms with Gasteiger partial charge >= 0.3 is 0 Å². The van der Waals surface area contributed by atoms with Crippen LogP contribution in [-0.4, -0.2) is 48.5 Å². The maximum Gasteiger partial charge on any atom is 0.280 e. The zero-order valence-corrected chi connectivity index (χ0v) is 11.3. The molecule has 118 valence electrons. The van der Waals surface area contributed by atoms with E-state index in [-0.39, 0.29) is 17.1 Å². The molecule has 1 saturated heterocycles. The van der Waals surface area contributed by atoms with Crippen LogP contribution in [0.15, 0.2) is 23.5 Å². The quantitative estimate of drug-likeness (QED) is 0.573. The SMILES string of the molecule is C=C(F)C1C(CO)OC(n2cnc3c(=O)[nH]c(N)nc32)C1O. The van der Waals surface area contributed by atoms with E-state index in [2.05, 4.69) is 21.5 Å². The van der Waals surface area contributed by atoms with Crippen LogP contribution in [0.3, 0.4) is 0 Å². The summed E-state index contributed by atoms with van der Waals surface area (Å²) in [7, 11) is 0. The Labute approximate surface area is 122 Å². The van der Waals surface area contributed by atoms with E-state index in [1.54, 1.807) is 0 Å². The number of aromatic nitrogens is 4. The molecule has 0 aliphatic carbocycles. The second kappa shape index (κ2) is 5.16. The van der Waals surface area contributed by atoms with Gasteiger partial charge in [0.05, 0.1) is 25.0 Å². The molecule has 22 heavy (non-hydrogen) atoms. The number of nitrogens with two attached hydrogens (primary N) is 1. The topological polar surface area (TPSA) is 139 Å². The average Bonchev–Trinajstić information content (AvgIpc) is 2.99. The summed E-state index contributed by atoms with van der Waals surface area (Å²) in [4.78, 5) is 21.9. The molecule has 1 fully saturated rings. The largest absolute Gasteiger partial charge is 0.394 e. The van der Waals surface area contributed by atoms with E-state index < -0.39 is 42.3 Å². The fourth-order valence-corrected chi connectivity index (χ4v) is 2.64.